The van der Waals surface area contributed by atoms with Gasteiger partial charge in [0.1, 0.15) is 0 Å². The molecule has 0 unspecified atom stereocenters. The van der Waals surface area contributed by atoms with Crippen LogP contribution in [0.15, 0.2) is 0 Å². The summed E-state index contributed by atoms with van der Waals surface area (Å²) in [4.78, 5) is 62.9. The number of rotatable bonds is 18. The molecule has 0 heterocycles. The standard InChI is InChI=1S/6C12H28O4Si.H2O.2U/c6*1-10(2,3)14-17(13,15-11(4,5)6)16-12(7,8)9;;;/h6*13H,1-9H3;1H2;;. The second-order valence-corrected chi connectivity index (χ2v) is 53.0. The first-order valence-corrected chi connectivity index (χ1v) is 45.7. The summed E-state index contributed by atoms with van der Waals surface area (Å²) in [5.74, 6) is 0. The van der Waals surface area contributed by atoms with Crippen LogP contribution >= 0.6 is 0 Å². The van der Waals surface area contributed by atoms with Crippen LogP contribution in [-0.2, 0) is 79.7 Å². The maximum absolute atomic E-state index is 10.5. The van der Waals surface area contributed by atoms with Crippen LogP contribution in [0.4, 0.5) is 0 Å². The van der Waals surface area contributed by atoms with Gasteiger partial charge in [0.25, 0.3) is 0 Å². The van der Waals surface area contributed by atoms with Gasteiger partial charge in [0.15, 0.2) is 0 Å². The summed E-state index contributed by atoms with van der Waals surface area (Å²) in [5, 5.41) is 0. The summed E-state index contributed by atoms with van der Waals surface area (Å²) in [6.45, 7) is 101. The Morgan fingerprint density at radius 3 is 0.162 bits per heavy atom. The van der Waals surface area contributed by atoms with E-state index in [2.05, 4.69) is 0 Å². The van der Waals surface area contributed by atoms with Crippen molar-refractivity contribution < 1.29 is 176 Å². The van der Waals surface area contributed by atoms with Crippen molar-refractivity contribution in [1.82, 2.24) is 0 Å². The molecule has 33 heteroatoms. The van der Waals surface area contributed by atoms with Gasteiger partial charge in [-0.1, -0.05) is 0 Å². The van der Waals surface area contributed by atoms with E-state index in [-0.39, 0.29) is 67.7 Å². The molecule has 0 radical (unpaired) electrons. The molecule has 0 aromatic heterocycles. The molecule has 0 rings (SSSR count). The first kappa shape index (κ1) is 126. The molecule has 25 nitrogen and oxygen atoms in total. The average molecular weight is 2080 g/mol. The maximum atomic E-state index is 10.5. The molecule has 0 amide bonds. The minimum absolute atomic E-state index is 0. The van der Waals surface area contributed by atoms with Gasteiger partial charge in [-0.3, -0.25) is 0 Å². The molecule has 0 bridgehead atoms. The minimum Gasteiger partial charge on any atom is -0.412 e. The predicted octanol–water partition coefficient (Wildman–Crippen LogP) is 16.3. The first-order valence-electron chi connectivity index (χ1n) is 35.7. The molecule has 0 atom stereocenters. The molecular weight excluding hydrogens is 1910 g/mol. The van der Waals surface area contributed by atoms with Crippen LogP contribution in [0.2, 0.25) is 0 Å². The summed E-state index contributed by atoms with van der Waals surface area (Å²) in [6, 6.07) is 0. The van der Waals surface area contributed by atoms with E-state index >= 15 is 0 Å². The molecular formula is C72H170O25Si6U2. The van der Waals surface area contributed by atoms with Gasteiger partial charge in [-0.25, -0.2) is 0 Å². The largest absolute Gasteiger partial charge is 0.678 e. The van der Waals surface area contributed by atoms with Crippen LogP contribution in [0.5, 0.6) is 0 Å². The molecule has 0 aromatic rings. The van der Waals surface area contributed by atoms with E-state index in [1.807, 2.05) is 374 Å². The fourth-order valence-electron chi connectivity index (χ4n) is 7.34. The molecule has 0 saturated carbocycles. The summed E-state index contributed by atoms with van der Waals surface area (Å²) < 4.78 is 101. The zero-order valence-electron chi connectivity index (χ0n) is 77.5. The predicted molar refractivity (Wildman–Crippen MR) is 427 cm³/mol. The molecule has 0 aliphatic rings. The topological polar surface area (TPSA) is 319 Å². The van der Waals surface area contributed by atoms with Gasteiger partial charge in [-0.15, -0.1) is 0 Å². The van der Waals surface area contributed by atoms with E-state index in [1.165, 1.54) is 0 Å². The van der Waals surface area contributed by atoms with Gasteiger partial charge in [0, 0.05) is 62.2 Å². The van der Waals surface area contributed by atoms with E-state index in [4.69, 9.17) is 79.7 Å². The van der Waals surface area contributed by atoms with Crippen molar-refractivity contribution in [1.29, 1.82) is 0 Å². The van der Waals surface area contributed by atoms with Crippen molar-refractivity contribution in [2.24, 2.45) is 0 Å². The molecule has 640 valence electrons. The van der Waals surface area contributed by atoms with Crippen LogP contribution in [0, 0.1) is 62.2 Å². The van der Waals surface area contributed by atoms with E-state index in [1.54, 1.807) is 0 Å². The van der Waals surface area contributed by atoms with Crippen LogP contribution in [0.25, 0.3) is 0 Å². The molecule has 0 saturated heterocycles. The van der Waals surface area contributed by atoms with Gasteiger partial charge in [-0.05, 0) is 374 Å². The Kier molecular flexibility index (Phi) is 52.3. The second-order valence-electron chi connectivity index (χ2n) is 43.0. The third-order valence-electron chi connectivity index (χ3n) is 7.83. The zero-order chi connectivity index (χ0) is 84.7. The van der Waals surface area contributed by atoms with Crippen molar-refractivity contribution >= 4 is 54.3 Å². The third-order valence-corrected chi connectivity index (χ3v) is 23.5. The molecule has 105 heavy (non-hydrogen) atoms. The maximum Gasteiger partial charge on any atom is 0.678 e. The van der Waals surface area contributed by atoms with Crippen molar-refractivity contribution in [2.75, 3.05) is 0 Å². The molecule has 0 spiro atoms. The van der Waals surface area contributed by atoms with Crippen molar-refractivity contribution in [3.05, 3.63) is 0 Å². The Bertz CT molecular complexity index is 1660. The Labute approximate surface area is 699 Å². The van der Waals surface area contributed by atoms with E-state index in [0.29, 0.717) is 0 Å². The van der Waals surface area contributed by atoms with Gasteiger partial charge >= 0.3 is 54.3 Å². The van der Waals surface area contributed by atoms with Gasteiger partial charge in [-0.2, -0.15) is 0 Å². The SMILES string of the molecule is CC(C)(C)O[Si](O)(OC(C)(C)C)OC(C)(C)C.CC(C)(C)O[Si](O)(OC(C)(C)C)OC(C)(C)C.CC(C)(C)O[Si](O)(OC(C)(C)C)OC(C)(C)C.CC(C)(C)O[Si](O)(OC(C)(C)C)OC(C)(C)C.CC(C)(C)O[Si](O)(OC(C)(C)C)OC(C)(C)C.CC(C)(C)O[Si](O)(OC(C)(C)C)OC(C)(C)C.O.[U].[U]. The van der Waals surface area contributed by atoms with E-state index in [9.17, 15) is 28.8 Å². The number of hydrogen-bond donors (Lipinski definition) is 6. The zero-order valence-corrected chi connectivity index (χ0v) is 91.9. The summed E-state index contributed by atoms with van der Waals surface area (Å²) >= 11 is 0. The van der Waals surface area contributed by atoms with E-state index < -0.39 is 155 Å². The van der Waals surface area contributed by atoms with Crippen molar-refractivity contribution in [3.63, 3.8) is 0 Å². The third kappa shape index (κ3) is 95.2. The van der Waals surface area contributed by atoms with Crippen LogP contribution < -0.4 is 0 Å². The van der Waals surface area contributed by atoms with Crippen molar-refractivity contribution in [2.45, 2.75) is 475 Å². The van der Waals surface area contributed by atoms with Crippen LogP contribution in [-0.4, -0.2) is 189 Å². The average Bonchev–Trinajstić information content (AvgIpc) is 3.03. The van der Waals surface area contributed by atoms with Crippen molar-refractivity contribution in [3.8, 4) is 0 Å². The normalized spacial score (nSPS) is 14.7. The second kappa shape index (κ2) is 43.7. The van der Waals surface area contributed by atoms with Gasteiger partial charge in [0.05, 0.1) is 101 Å². The first-order chi connectivity index (χ1) is 42.7. The molecule has 0 aliphatic heterocycles. The quantitative estimate of drug-likeness (QED) is 0.0695. The Morgan fingerprint density at radius 1 is 0.114 bits per heavy atom. The van der Waals surface area contributed by atoms with Gasteiger partial charge < -0.3 is 114 Å². The summed E-state index contributed by atoms with van der Waals surface area (Å²) in [6.07, 6.45) is 0. The Balaban J connectivity index is -0.000000150. The molecule has 0 fully saturated rings. The minimum atomic E-state index is -3.66. The fourth-order valence-corrected chi connectivity index (χ4v) is 22.0. The smallest absolute Gasteiger partial charge is 0.412 e. The molecule has 0 aliphatic carbocycles. The molecule has 0 aromatic carbocycles. The number of hydrogen-bond acceptors (Lipinski definition) is 24. The fraction of sp³-hybridized carbons (Fsp3) is 1.00. The summed E-state index contributed by atoms with van der Waals surface area (Å²) in [7, 11) is -21.9. The van der Waals surface area contributed by atoms with E-state index in [0.717, 1.165) is 0 Å². The van der Waals surface area contributed by atoms with Crippen LogP contribution in [0.1, 0.15) is 374 Å². The van der Waals surface area contributed by atoms with Crippen LogP contribution in [0.3, 0.4) is 0 Å². The Hall–Kier alpha value is 2.41. The Morgan fingerprint density at radius 2 is 0.143 bits per heavy atom. The molecule has 8 N–H and O–H groups in total. The monoisotopic (exact) mass is 2080 g/mol. The summed E-state index contributed by atoms with van der Waals surface area (Å²) in [5.41, 5.74) is -9.30. The van der Waals surface area contributed by atoms with Gasteiger partial charge in [0.2, 0.25) is 0 Å².